The highest BCUT2D eigenvalue weighted by Crippen LogP contribution is 2.50. The Balaban J connectivity index is 1.35. The molecule has 1 saturated carbocycles. The number of amides is 1. The zero-order chi connectivity index (χ0) is 16.5. The highest BCUT2D eigenvalue weighted by molar-refractivity contribution is 5.83. The summed E-state index contributed by atoms with van der Waals surface area (Å²) in [5.41, 5.74) is 1.21. The summed E-state index contributed by atoms with van der Waals surface area (Å²) in [7, 11) is 2.00. The van der Waals surface area contributed by atoms with Crippen molar-refractivity contribution in [2.45, 2.75) is 25.2 Å². The maximum absolute atomic E-state index is 12.8. The van der Waals surface area contributed by atoms with Crippen LogP contribution in [0.3, 0.4) is 0 Å². The molecule has 3 aliphatic rings. The van der Waals surface area contributed by atoms with Crippen LogP contribution < -0.4 is 14.8 Å². The SMILES string of the molecule is CNCC1CCN(C(=O)C2CC2c2ccc3c(c2)OCCO3)CC1. The average Bonchev–Trinajstić information content (AvgIpc) is 3.42. The fourth-order valence-corrected chi connectivity index (χ4v) is 4.01. The molecule has 2 atom stereocenters. The minimum absolute atomic E-state index is 0.161. The molecule has 0 bridgehead atoms. The summed E-state index contributed by atoms with van der Waals surface area (Å²) in [4.78, 5) is 14.8. The molecule has 1 aromatic rings. The van der Waals surface area contributed by atoms with Gasteiger partial charge in [-0.2, -0.15) is 0 Å². The van der Waals surface area contributed by atoms with E-state index in [0.717, 1.165) is 50.4 Å². The molecule has 2 fully saturated rings. The minimum atomic E-state index is 0.161. The van der Waals surface area contributed by atoms with E-state index in [9.17, 15) is 4.79 Å². The lowest BCUT2D eigenvalue weighted by atomic mass is 9.96. The molecule has 2 heterocycles. The van der Waals surface area contributed by atoms with Gasteiger partial charge in [-0.15, -0.1) is 0 Å². The van der Waals surface area contributed by atoms with Gasteiger partial charge < -0.3 is 19.7 Å². The maximum Gasteiger partial charge on any atom is 0.226 e. The molecule has 1 N–H and O–H groups in total. The van der Waals surface area contributed by atoms with Crippen molar-refractivity contribution < 1.29 is 14.3 Å². The highest BCUT2D eigenvalue weighted by Gasteiger charge is 2.46. The van der Waals surface area contributed by atoms with Crippen LogP contribution in [0, 0.1) is 11.8 Å². The Morgan fingerprint density at radius 2 is 1.96 bits per heavy atom. The maximum atomic E-state index is 12.8. The van der Waals surface area contributed by atoms with Crippen molar-refractivity contribution in [2.75, 3.05) is 39.9 Å². The van der Waals surface area contributed by atoms with Crippen molar-refractivity contribution >= 4 is 5.91 Å². The molecule has 1 aliphatic carbocycles. The van der Waals surface area contributed by atoms with Crippen molar-refractivity contribution in [3.8, 4) is 11.5 Å². The van der Waals surface area contributed by atoms with Crippen LogP contribution in [0.25, 0.3) is 0 Å². The van der Waals surface area contributed by atoms with E-state index < -0.39 is 0 Å². The van der Waals surface area contributed by atoms with Gasteiger partial charge in [0.25, 0.3) is 0 Å². The summed E-state index contributed by atoms with van der Waals surface area (Å²) >= 11 is 0. The fraction of sp³-hybridized carbons (Fsp3) is 0.632. The Hall–Kier alpha value is -1.75. The van der Waals surface area contributed by atoms with Gasteiger partial charge in [-0.25, -0.2) is 0 Å². The first-order valence-electron chi connectivity index (χ1n) is 9.09. The molecule has 2 aliphatic heterocycles. The second-order valence-electron chi connectivity index (χ2n) is 7.18. The van der Waals surface area contributed by atoms with Crippen LogP contribution >= 0.6 is 0 Å². The van der Waals surface area contributed by atoms with Crippen molar-refractivity contribution in [3.63, 3.8) is 0 Å². The lowest BCUT2D eigenvalue weighted by Gasteiger charge is -2.32. The second-order valence-corrected chi connectivity index (χ2v) is 7.18. The fourth-order valence-electron chi connectivity index (χ4n) is 4.01. The number of hydrogen-bond donors (Lipinski definition) is 1. The lowest BCUT2D eigenvalue weighted by molar-refractivity contribution is -0.134. The van der Waals surface area contributed by atoms with Gasteiger partial charge in [0.1, 0.15) is 13.2 Å². The number of rotatable bonds is 4. The van der Waals surface area contributed by atoms with Crippen LogP contribution in [0.1, 0.15) is 30.7 Å². The molecule has 2 unspecified atom stereocenters. The molecular weight excluding hydrogens is 304 g/mol. The third-order valence-corrected chi connectivity index (χ3v) is 5.52. The number of nitrogens with one attached hydrogen (secondary N) is 1. The number of carbonyl (C=O) groups excluding carboxylic acids is 1. The van der Waals surface area contributed by atoms with Gasteiger partial charge >= 0.3 is 0 Å². The summed E-state index contributed by atoms with van der Waals surface area (Å²) in [6.45, 7) is 4.10. The van der Waals surface area contributed by atoms with E-state index in [2.05, 4.69) is 22.3 Å². The molecule has 5 nitrogen and oxygen atoms in total. The highest BCUT2D eigenvalue weighted by atomic mass is 16.6. The monoisotopic (exact) mass is 330 g/mol. The van der Waals surface area contributed by atoms with Crippen molar-refractivity contribution in [1.82, 2.24) is 10.2 Å². The van der Waals surface area contributed by atoms with Crippen molar-refractivity contribution in [1.29, 1.82) is 0 Å². The minimum Gasteiger partial charge on any atom is -0.486 e. The van der Waals surface area contributed by atoms with Crippen LogP contribution in [0.5, 0.6) is 11.5 Å². The molecule has 4 rings (SSSR count). The van der Waals surface area contributed by atoms with Gasteiger partial charge in [0, 0.05) is 19.0 Å². The molecule has 0 aromatic heterocycles. The summed E-state index contributed by atoms with van der Waals surface area (Å²) in [6, 6.07) is 6.13. The summed E-state index contributed by atoms with van der Waals surface area (Å²) in [5.74, 6) is 3.21. The van der Waals surface area contributed by atoms with E-state index in [1.54, 1.807) is 0 Å². The Bertz CT molecular complexity index is 611. The summed E-state index contributed by atoms with van der Waals surface area (Å²) in [5, 5.41) is 3.24. The topological polar surface area (TPSA) is 50.8 Å². The number of fused-ring (bicyclic) bond motifs is 1. The van der Waals surface area contributed by atoms with Gasteiger partial charge in [0.05, 0.1) is 0 Å². The molecule has 130 valence electrons. The van der Waals surface area contributed by atoms with Crippen LogP contribution in [0.2, 0.25) is 0 Å². The Labute approximate surface area is 143 Å². The zero-order valence-electron chi connectivity index (χ0n) is 14.3. The predicted octanol–water partition coefficient (Wildman–Crippen LogP) is 2.02. The second kappa shape index (κ2) is 6.63. The first-order valence-corrected chi connectivity index (χ1v) is 9.09. The largest absolute Gasteiger partial charge is 0.486 e. The normalized spacial score (nSPS) is 26.3. The van der Waals surface area contributed by atoms with E-state index in [4.69, 9.17) is 9.47 Å². The van der Waals surface area contributed by atoms with Crippen LogP contribution in [-0.2, 0) is 4.79 Å². The molecular formula is C19H26N2O3. The number of benzene rings is 1. The first kappa shape index (κ1) is 15.8. The zero-order valence-corrected chi connectivity index (χ0v) is 14.3. The van der Waals surface area contributed by atoms with Crippen molar-refractivity contribution in [3.05, 3.63) is 23.8 Å². The smallest absolute Gasteiger partial charge is 0.226 e. The van der Waals surface area contributed by atoms with Gasteiger partial charge in [0.15, 0.2) is 11.5 Å². The number of piperidine rings is 1. The van der Waals surface area contributed by atoms with Crippen LogP contribution in [0.4, 0.5) is 0 Å². The van der Waals surface area contributed by atoms with Gasteiger partial charge in [-0.3, -0.25) is 4.79 Å². The Kier molecular flexibility index (Phi) is 4.35. The number of carbonyl (C=O) groups is 1. The molecule has 1 amide bonds. The number of nitrogens with zero attached hydrogens (tertiary/aromatic N) is 1. The van der Waals surface area contributed by atoms with E-state index in [-0.39, 0.29) is 5.92 Å². The van der Waals surface area contributed by atoms with Gasteiger partial charge in [-0.1, -0.05) is 6.07 Å². The molecule has 1 saturated heterocycles. The summed E-state index contributed by atoms with van der Waals surface area (Å²) < 4.78 is 11.2. The predicted molar refractivity (Wildman–Crippen MR) is 91.5 cm³/mol. The number of hydrogen-bond acceptors (Lipinski definition) is 4. The Morgan fingerprint density at radius 1 is 1.21 bits per heavy atom. The van der Waals surface area contributed by atoms with Crippen LogP contribution in [-0.4, -0.2) is 50.7 Å². The van der Waals surface area contributed by atoms with Gasteiger partial charge in [-0.05, 0) is 62.4 Å². The van der Waals surface area contributed by atoms with Gasteiger partial charge in [0.2, 0.25) is 5.91 Å². The standard InChI is InChI=1S/C19H26N2O3/c1-20-12-13-4-6-21(7-5-13)19(22)16-11-15(16)14-2-3-17-18(10-14)24-9-8-23-17/h2-3,10,13,15-16,20H,4-9,11-12H2,1H3. The molecule has 0 spiro atoms. The molecule has 0 radical (unpaired) electrons. The van der Waals surface area contributed by atoms with E-state index in [1.807, 2.05) is 13.1 Å². The van der Waals surface area contributed by atoms with E-state index in [0.29, 0.717) is 31.0 Å². The third kappa shape index (κ3) is 3.09. The summed E-state index contributed by atoms with van der Waals surface area (Å²) in [6.07, 6.45) is 3.21. The molecule has 1 aromatic carbocycles. The number of likely N-dealkylation sites (tertiary alicyclic amines) is 1. The third-order valence-electron chi connectivity index (χ3n) is 5.52. The molecule has 24 heavy (non-hydrogen) atoms. The first-order chi connectivity index (χ1) is 11.8. The van der Waals surface area contributed by atoms with E-state index >= 15 is 0 Å². The lowest BCUT2D eigenvalue weighted by Crippen LogP contribution is -2.41. The van der Waals surface area contributed by atoms with E-state index in [1.165, 1.54) is 5.56 Å². The Morgan fingerprint density at radius 3 is 2.71 bits per heavy atom. The quantitative estimate of drug-likeness (QED) is 0.918. The number of ether oxygens (including phenoxy) is 2. The average molecular weight is 330 g/mol. The van der Waals surface area contributed by atoms with Crippen LogP contribution in [0.15, 0.2) is 18.2 Å². The molecule has 5 heteroatoms. The van der Waals surface area contributed by atoms with Crippen molar-refractivity contribution in [2.24, 2.45) is 11.8 Å².